The van der Waals surface area contributed by atoms with Crippen LogP contribution in [0.15, 0.2) is 66.7 Å². The Morgan fingerprint density at radius 1 is 1.12 bits per heavy atom. The van der Waals surface area contributed by atoms with Crippen LogP contribution < -0.4 is 15.4 Å². The molecule has 3 aromatic carbocycles. The lowest BCUT2D eigenvalue weighted by atomic mass is 9.96. The maximum Gasteiger partial charge on any atom is 0.248 e. The number of anilines is 1. The number of nitrogens with zero attached hydrogens (tertiary/aromatic N) is 3. The highest BCUT2D eigenvalue weighted by atomic mass is 16.5. The second-order valence-corrected chi connectivity index (χ2v) is 7.37. The van der Waals surface area contributed by atoms with Crippen LogP contribution in [0.25, 0.3) is 4.85 Å². The van der Waals surface area contributed by atoms with E-state index in [2.05, 4.69) is 10.9 Å². The summed E-state index contributed by atoms with van der Waals surface area (Å²) in [6.07, 6.45) is 0.283. The van der Waals surface area contributed by atoms with Crippen molar-refractivity contribution in [3.05, 3.63) is 94.8 Å². The highest BCUT2D eigenvalue weighted by molar-refractivity contribution is 5.99. The maximum absolute atomic E-state index is 12.7. The van der Waals surface area contributed by atoms with Crippen molar-refractivity contribution in [1.29, 1.82) is 5.26 Å². The molecule has 2 N–H and O–H groups in total. The van der Waals surface area contributed by atoms with E-state index in [1.807, 2.05) is 6.07 Å². The summed E-state index contributed by atoms with van der Waals surface area (Å²) in [5.74, 6) is -0.0392. The topological polar surface area (TPSA) is 101 Å². The van der Waals surface area contributed by atoms with Crippen molar-refractivity contribution in [2.45, 2.75) is 12.3 Å². The summed E-state index contributed by atoms with van der Waals surface area (Å²) in [6, 6.07) is 20.8. The van der Waals surface area contributed by atoms with E-state index in [1.165, 1.54) is 0 Å². The average Bonchev–Trinajstić information content (AvgIpc) is 3.21. The summed E-state index contributed by atoms with van der Waals surface area (Å²) in [5, 5.41) is 9.49. The number of nitrogens with two attached hydrogens (primary N) is 1. The first-order chi connectivity index (χ1) is 15.5. The molecule has 1 fully saturated rings. The molecule has 7 nitrogen and oxygen atoms in total. The Kier molecular flexibility index (Phi) is 5.57. The Balaban J connectivity index is 1.62. The van der Waals surface area contributed by atoms with Gasteiger partial charge in [-0.15, -0.1) is 0 Å². The van der Waals surface area contributed by atoms with Crippen LogP contribution in [-0.2, 0) is 4.79 Å². The zero-order valence-corrected chi connectivity index (χ0v) is 17.0. The molecule has 156 valence electrons. The Labute approximate surface area is 185 Å². The number of benzene rings is 3. The van der Waals surface area contributed by atoms with Crippen LogP contribution in [-0.4, -0.2) is 18.4 Å². The Hall–Kier alpha value is -4.62. The molecule has 4 rings (SSSR count). The summed E-state index contributed by atoms with van der Waals surface area (Å²) in [5.41, 5.74) is 7.85. The molecule has 0 bridgehead atoms. The number of carbonyl (C=O) groups excluding carboxylic acids is 2. The molecule has 1 aliphatic heterocycles. The number of hydrogen-bond donors (Lipinski definition) is 1. The van der Waals surface area contributed by atoms with E-state index in [9.17, 15) is 14.9 Å². The fraction of sp³-hybridized carbons (Fsp3) is 0.120. The SMILES string of the molecule is [C-]#[N+]c1ccccc1Oc1cc([C@H]2CC(=O)N(c3cccc(C(N)=O)c3)C2)ccc1C#N. The molecular formula is C25H18N4O3. The van der Waals surface area contributed by atoms with Gasteiger partial charge in [-0.25, -0.2) is 4.85 Å². The van der Waals surface area contributed by atoms with Crippen molar-refractivity contribution >= 4 is 23.2 Å². The van der Waals surface area contributed by atoms with E-state index in [4.69, 9.17) is 17.0 Å². The number of nitriles is 1. The normalized spacial score (nSPS) is 15.1. The zero-order chi connectivity index (χ0) is 22.7. The van der Waals surface area contributed by atoms with Gasteiger partial charge in [0.2, 0.25) is 17.5 Å². The standard InChI is InChI=1S/C25H18N4O3/c1-28-21-7-2-3-8-22(21)32-23-12-16(9-10-18(23)14-26)19-13-24(30)29(15-19)20-6-4-5-17(11-20)25(27)31/h2-12,19H,13,15H2,(H2,27,31)/t19-/m0/s1. The predicted octanol–water partition coefficient (Wildman–Crippen LogP) is 4.52. The summed E-state index contributed by atoms with van der Waals surface area (Å²) in [4.78, 5) is 29.3. The predicted molar refractivity (Wildman–Crippen MR) is 119 cm³/mol. The maximum atomic E-state index is 12.7. The minimum atomic E-state index is -0.552. The average molecular weight is 422 g/mol. The van der Waals surface area contributed by atoms with Crippen molar-refractivity contribution in [3.8, 4) is 17.6 Å². The summed E-state index contributed by atoms with van der Waals surface area (Å²) in [7, 11) is 0. The summed E-state index contributed by atoms with van der Waals surface area (Å²) in [6.45, 7) is 7.72. The molecular weight excluding hydrogens is 404 g/mol. The van der Waals surface area contributed by atoms with Gasteiger partial charge in [-0.3, -0.25) is 9.59 Å². The third-order valence-electron chi connectivity index (χ3n) is 5.37. The molecule has 0 radical (unpaired) electrons. The zero-order valence-electron chi connectivity index (χ0n) is 17.0. The highest BCUT2D eigenvalue weighted by Gasteiger charge is 2.32. The van der Waals surface area contributed by atoms with Crippen LogP contribution in [0.3, 0.4) is 0 Å². The first kappa shape index (κ1) is 20.6. The van der Waals surface area contributed by atoms with Crippen LogP contribution in [0.2, 0.25) is 0 Å². The number of rotatable bonds is 5. The molecule has 32 heavy (non-hydrogen) atoms. The third kappa shape index (κ3) is 4.00. The quantitative estimate of drug-likeness (QED) is 0.611. The van der Waals surface area contributed by atoms with Crippen molar-refractivity contribution in [2.24, 2.45) is 5.73 Å². The van der Waals surface area contributed by atoms with Crippen LogP contribution in [0.4, 0.5) is 11.4 Å². The second-order valence-electron chi connectivity index (χ2n) is 7.37. The molecule has 2 amide bonds. The van der Waals surface area contributed by atoms with Crippen LogP contribution in [0.5, 0.6) is 11.5 Å². The Morgan fingerprint density at radius 2 is 1.94 bits per heavy atom. The first-order valence-electron chi connectivity index (χ1n) is 9.88. The monoisotopic (exact) mass is 422 g/mol. The number of ether oxygens (including phenoxy) is 1. The number of hydrogen-bond acceptors (Lipinski definition) is 4. The fourth-order valence-corrected chi connectivity index (χ4v) is 3.73. The fourth-order valence-electron chi connectivity index (χ4n) is 3.73. The highest BCUT2D eigenvalue weighted by Crippen LogP contribution is 2.37. The lowest BCUT2D eigenvalue weighted by Gasteiger charge is -2.18. The Morgan fingerprint density at radius 3 is 2.69 bits per heavy atom. The van der Waals surface area contributed by atoms with Gasteiger partial charge in [0, 0.05) is 30.1 Å². The lowest BCUT2D eigenvalue weighted by molar-refractivity contribution is -0.117. The second kappa shape index (κ2) is 8.63. The van der Waals surface area contributed by atoms with Gasteiger partial charge >= 0.3 is 0 Å². The van der Waals surface area contributed by atoms with Gasteiger partial charge in [-0.05, 0) is 42.0 Å². The molecule has 7 heteroatoms. The summed E-state index contributed by atoms with van der Waals surface area (Å²) >= 11 is 0. The molecule has 3 aromatic rings. The van der Waals surface area contributed by atoms with E-state index >= 15 is 0 Å². The van der Waals surface area contributed by atoms with E-state index in [0.717, 1.165) is 5.56 Å². The van der Waals surface area contributed by atoms with Crippen molar-refractivity contribution in [1.82, 2.24) is 0 Å². The third-order valence-corrected chi connectivity index (χ3v) is 5.37. The van der Waals surface area contributed by atoms with E-state index in [1.54, 1.807) is 65.6 Å². The van der Waals surface area contributed by atoms with Gasteiger partial charge in [0.1, 0.15) is 17.6 Å². The van der Waals surface area contributed by atoms with Crippen LogP contribution in [0, 0.1) is 17.9 Å². The molecule has 0 unspecified atom stereocenters. The van der Waals surface area contributed by atoms with Crippen molar-refractivity contribution in [2.75, 3.05) is 11.4 Å². The van der Waals surface area contributed by atoms with Crippen molar-refractivity contribution in [3.63, 3.8) is 0 Å². The molecule has 1 atom stereocenters. The smallest absolute Gasteiger partial charge is 0.248 e. The van der Waals surface area contributed by atoms with E-state index < -0.39 is 5.91 Å². The van der Waals surface area contributed by atoms with Crippen LogP contribution in [0.1, 0.15) is 33.8 Å². The van der Waals surface area contributed by atoms with E-state index in [0.29, 0.717) is 40.5 Å². The number of amides is 2. The van der Waals surface area contributed by atoms with Gasteiger partial charge in [-0.1, -0.05) is 30.3 Å². The minimum Gasteiger partial charge on any atom is -0.467 e. The first-order valence-corrected chi connectivity index (χ1v) is 9.88. The molecule has 0 aromatic heterocycles. The van der Waals surface area contributed by atoms with Crippen LogP contribution >= 0.6 is 0 Å². The van der Waals surface area contributed by atoms with Gasteiger partial charge in [0.15, 0.2) is 0 Å². The largest absolute Gasteiger partial charge is 0.467 e. The molecule has 0 spiro atoms. The Bertz CT molecular complexity index is 1300. The lowest BCUT2D eigenvalue weighted by Crippen LogP contribution is -2.24. The van der Waals surface area contributed by atoms with Crippen molar-refractivity contribution < 1.29 is 14.3 Å². The number of carbonyl (C=O) groups is 2. The number of para-hydroxylation sites is 2. The van der Waals surface area contributed by atoms with Gasteiger partial charge in [0.05, 0.1) is 12.1 Å². The number of primary amides is 1. The summed E-state index contributed by atoms with van der Waals surface area (Å²) < 4.78 is 5.92. The van der Waals surface area contributed by atoms with Gasteiger partial charge in [0.25, 0.3) is 0 Å². The molecule has 1 saturated heterocycles. The molecule has 1 heterocycles. The molecule has 0 saturated carbocycles. The van der Waals surface area contributed by atoms with Gasteiger partial charge < -0.3 is 15.4 Å². The van der Waals surface area contributed by atoms with E-state index in [-0.39, 0.29) is 18.2 Å². The van der Waals surface area contributed by atoms with Gasteiger partial charge in [-0.2, -0.15) is 5.26 Å². The molecule has 0 aliphatic carbocycles. The minimum absolute atomic E-state index is 0.0678. The molecule has 1 aliphatic rings.